The number of rotatable bonds is 42. The van der Waals surface area contributed by atoms with Crippen LogP contribution in [0.1, 0.15) is 129 Å². The number of allylic oxidation sites excluding steroid dienone is 8. The molecule has 2 saturated heterocycles. The Kier molecular flexibility index (Phi) is 47.0. The predicted molar refractivity (Wildman–Crippen MR) is 503 cm³/mol. The number of fused-ring (bicyclic) bond motifs is 7. The van der Waals surface area contributed by atoms with Crippen LogP contribution >= 0.6 is 33.3 Å². The number of aliphatic imine (C=N–C) groups is 1. The summed E-state index contributed by atoms with van der Waals surface area (Å²) in [5.74, 6) is -12.2. The molecule has 41 nitrogen and oxygen atoms in total. The first-order chi connectivity index (χ1) is 63.2. The molecule has 0 aromatic heterocycles. The molecule has 2 bridgehead atoms. The Balaban J connectivity index is 0.00000114. The van der Waals surface area contributed by atoms with Gasteiger partial charge in [-0.05, 0) is 120 Å². The number of guanidine groups is 1. The van der Waals surface area contributed by atoms with E-state index in [-0.39, 0.29) is 115 Å². The average Bonchev–Trinajstić information content (AvgIpc) is 1.59. The normalized spacial score (nSPS) is 20.4. The first-order valence-electron chi connectivity index (χ1n) is 43.4. The average molecular weight is 1950 g/mol. The molecule has 4 heterocycles. The molecule has 12 amide bonds. The fourth-order valence-corrected chi connectivity index (χ4v) is 18.5. The number of unbranched alkanes of at least 4 members (excludes halogenated alkanes) is 3. The number of anilines is 1. The molecule has 3 aromatic carbocycles. The number of carboxylic acid groups (broad SMARTS) is 1. The van der Waals surface area contributed by atoms with Gasteiger partial charge >= 0.3 is 5.97 Å². The van der Waals surface area contributed by atoms with Gasteiger partial charge in [0, 0.05) is 111 Å². The van der Waals surface area contributed by atoms with E-state index >= 15 is 0 Å². The molecular formula is C87H126N17O24S5+. The summed E-state index contributed by atoms with van der Waals surface area (Å²) in [7, 11) is -5.78. The van der Waals surface area contributed by atoms with Crippen LogP contribution in [0.4, 0.5) is 11.4 Å². The summed E-state index contributed by atoms with van der Waals surface area (Å²) < 4.78 is 91.1. The van der Waals surface area contributed by atoms with Crippen molar-refractivity contribution in [3.63, 3.8) is 0 Å². The fraction of sp³-hybridized carbons (Fsp3) is 0.529. The lowest BCUT2D eigenvalue weighted by Crippen LogP contribution is -2.60. The predicted octanol–water partition coefficient (Wildman–Crippen LogP) is 1.01. The number of carboxylic acids is 1. The van der Waals surface area contributed by atoms with Crippen LogP contribution in [0.5, 0.6) is 0 Å². The van der Waals surface area contributed by atoms with Crippen LogP contribution in [-0.4, -0.2) is 289 Å². The van der Waals surface area contributed by atoms with Crippen LogP contribution in [-0.2, 0) is 119 Å². The van der Waals surface area contributed by atoms with Crippen molar-refractivity contribution in [2.45, 2.75) is 182 Å². The van der Waals surface area contributed by atoms with E-state index in [0.29, 0.717) is 89.5 Å². The second kappa shape index (κ2) is 56.4. The highest BCUT2D eigenvalue weighted by atomic mass is 33.1. The zero-order valence-corrected chi connectivity index (χ0v) is 79.8. The third-order valence-corrected chi connectivity index (χ3v) is 26.2. The molecule has 0 radical (unpaired) electrons. The van der Waals surface area contributed by atoms with Gasteiger partial charge in [0.15, 0.2) is 11.7 Å². The molecule has 0 spiro atoms. The van der Waals surface area contributed by atoms with E-state index in [4.69, 9.17) is 36.1 Å². The van der Waals surface area contributed by atoms with E-state index < -0.39 is 151 Å². The van der Waals surface area contributed by atoms with Crippen molar-refractivity contribution in [2.24, 2.45) is 22.2 Å². The maximum absolute atomic E-state index is 14.7. The monoisotopic (exact) mass is 1950 g/mol. The lowest BCUT2D eigenvalue weighted by Gasteiger charge is -2.27. The number of primary amides is 1. The molecule has 46 heteroatoms. The zero-order chi connectivity index (χ0) is 97.9. The number of hydrogen-bond donors (Lipinski definition) is 17. The van der Waals surface area contributed by atoms with E-state index in [1.54, 1.807) is 42.5 Å². The first-order valence-corrected chi connectivity index (χ1v) is 50.0. The molecule has 0 saturated carbocycles. The van der Waals surface area contributed by atoms with Gasteiger partial charge in [0.1, 0.15) is 62.1 Å². The number of carbonyl (C=O) groups is 13. The quantitative estimate of drug-likeness (QED) is 0.00716. The zero-order valence-electron chi connectivity index (χ0n) is 75.7. The standard InChI is InChI=1S/C74H99N15O18S5.C13H26N2O6/c1-7-88-57-31-29-46(111(102,103)104)37-48(57)73(2,3)59(88)26-15-9-8-10-16-27-60-74(4,5)49-38-47(112(105,106)107)30-32-58(49)89(60)35-20-12-17-28-61(90)78-33-19-18-24-51-67(97)86-55-42-109-110-43-56(71(101)84-52(36-45-22-13-11-14-23-45)68(98)85-54(65(95)77-6)41-108-44-63(92)81-51)87-69(99)53(39-64(93)94)82-62(91)40-80-66(96)50(83-70(55)100)25-21-34-79-72(75)76;1-2-4-18-6-8-20-9-7-19-5-3-15-13(17)11-21-10-12(14)16/h8-11,13-16,22-23,26-27,29-32,37-38,50-56H,7,12,17-21,24-25,28,33-36,39-44H2,1-6H3,(H16-,75,76,77,78,79,80,81,82,83,84,85,86,87,90,91,92,93,94,95,96,97,98,99,100,101,102,103,104,105,106,107);2-11H2,1H3,(H2,14,16)(H,15,17)/p+1/t50-,51-,52-,53-,54-,55-,56-;/m0./s1. The summed E-state index contributed by atoms with van der Waals surface area (Å²) in [5, 5.41) is 38.3. The number of likely N-dealkylation sites (N-methyl/N-ethyl adjacent to an activating group) is 2. The van der Waals surface area contributed by atoms with Gasteiger partial charge in [0.05, 0.1) is 67.0 Å². The van der Waals surface area contributed by atoms with Crippen molar-refractivity contribution in [2.75, 3.05) is 127 Å². The SMILES string of the molecule is CCCOCCOCCOCCNC(=O)COCC(N)=O.CCN1C(=CC=CC=CC=CC2=[N+](CCCCCC(=O)NCCCC[C@@H]3NC(=O)CSC[C@@H](C(=O)NC)NC(=O)[C@H](Cc4ccccc4)NC(=O)[C@@H]4CSSC[C@H](NC3=O)C(=O)N[C@@H](CCCN=C(N)N)C(=O)NCC(=O)N[C@@H](CC(=O)O)C(=O)N4)c3ccc(S(=O)(=O)O)cc3C2(C)C)C(C)(C)c2cc(S(=O)(=O)O)ccc21. The highest BCUT2D eigenvalue weighted by molar-refractivity contribution is 8.76. The van der Waals surface area contributed by atoms with E-state index in [1.807, 2.05) is 77.2 Å². The lowest BCUT2D eigenvalue weighted by atomic mass is 9.81. The first kappa shape index (κ1) is 111. The van der Waals surface area contributed by atoms with E-state index in [1.165, 1.54) is 31.3 Å². The van der Waals surface area contributed by atoms with Crippen LogP contribution in [0, 0.1) is 0 Å². The minimum absolute atomic E-state index is 0.000925. The number of benzene rings is 3. The maximum Gasteiger partial charge on any atom is 0.305 e. The number of amides is 12. The summed E-state index contributed by atoms with van der Waals surface area (Å²) in [6.07, 6.45) is 15.4. The summed E-state index contributed by atoms with van der Waals surface area (Å²) in [6, 6.07) is 7.16. The van der Waals surface area contributed by atoms with Crippen LogP contribution in [0.25, 0.3) is 0 Å². The van der Waals surface area contributed by atoms with Crippen molar-refractivity contribution in [3.05, 3.63) is 132 Å². The van der Waals surface area contributed by atoms with Crippen LogP contribution < -0.4 is 80.6 Å². The van der Waals surface area contributed by atoms with Gasteiger partial charge < -0.3 is 105 Å². The number of nitrogens with zero attached hydrogens (tertiary/aromatic N) is 3. The van der Waals surface area contributed by atoms with Crippen molar-refractivity contribution in [1.29, 1.82) is 0 Å². The molecule has 0 unspecified atom stereocenters. The number of carbonyl (C=O) groups excluding carboxylic acids is 12. The minimum Gasteiger partial charge on any atom is -0.481 e. The lowest BCUT2D eigenvalue weighted by molar-refractivity contribution is -0.438. The topological polar surface area (TPSA) is 617 Å². The number of nitrogens with two attached hydrogens (primary N) is 3. The van der Waals surface area contributed by atoms with Crippen molar-refractivity contribution < 1.29 is 117 Å². The van der Waals surface area contributed by atoms with Crippen LogP contribution in [0.3, 0.4) is 0 Å². The Morgan fingerprint density at radius 2 is 1.18 bits per heavy atom. The molecular weight excluding hydrogens is 1830 g/mol. The molecule has 732 valence electrons. The van der Waals surface area contributed by atoms with E-state index in [9.17, 15) is 93.4 Å². The van der Waals surface area contributed by atoms with Gasteiger partial charge in [-0.15, -0.1) is 11.8 Å². The van der Waals surface area contributed by atoms with E-state index in [2.05, 4.69) is 79.9 Å². The Hall–Kier alpha value is -10.8. The molecule has 4 aliphatic rings. The van der Waals surface area contributed by atoms with Gasteiger partial charge in [0.25, 0.3) is 20.2 Å². The van der Waals surface area contributed by atoms with Gasteiger partial charge in [-0.3, -0.25) is 76.4 Å². The van der Waals surface area contributed by atoms with E-state index in [0.717, 1.165) is 74.7 Å². The van der Waals surface area contributed by atoms with Gasteiger partial charge in [-0.25, -0.2) is 0 Å². The molecule has 7 atom stereocenters. The summed E-state index contributed by atoms with van der Waals surface area (Å²) in [4.78, 5) is 179. The molecule has 0 aliphatic carbocycles. The highest BCUT2D eigenvalue weighted by Gasteiger charge is 2.46. The molecule has 133 heavy (non-hydrogen) atoms. The molecule has 20 N–H and O–H groups in total. The van der Waals surface area contributed by atoms with Crippen LogP contribution in [0.2, 0.25) is 0 Å². The van der Waals surface area contributed by atoms with Crippen molar-refractivity contribution >= 4 is 153 Å². The summed E-state index contributed by atoms with van der Waals surface area (Å²) in [5.41, 5.74) is 20.0. The second-order valence-corrected chi connectivity index (χ2v) is 38.4. The fourth-order valence-electron chi connectivity index (χ4n) is 14.3. The van der Waals surface area contributed by atoms with Gasteiger partial charge in [0.2, 0.25) is 76.6 Å². The third kappa shape index (κ3) is 37.9. The minimum atomic E-state index is -4.54. The Labute approximate surface area is 786 Å². The Morgan fingerprint density at radius 1 is 0.594 bits per heavy atom. The highest BCUT2D eigenvalue weighted by Crippen LogP contribution is 2.48. The largest absolute Gasteiger partial charge is 0.481 e. The summed E-state index contributed by atoms with van der Waals surface area (Å²) >= 11 is 0.924. The Bertz CT molecular complexity index is 4960. The third-order valence-electron chi connectivity index (χ3n) is 21.1. The second-order valence-electron chi connectivity index (χ2n) is 32.0. The summed E-state index contributed by atoms with van der Waals surface area (Å²) in [6.45, 7) is 15.5. The molecule has 7 rings (SSSR count). The molecule has 2 fully saturated rings. The number of thioether (sulfide) groups is 1. The van der Waals surface area contributed by atoms with Crippen molar-refractivity contribution in [3.8, 4) is 0 Å². The Morgan fingerprint density at radius 3 is 1.81 bits per heavy atom. The molecule has 4 aliphatic heterocycles. The van der Waals surface area contributed by atoms with Crippen molar-refractivity contribution in [1.82, 2.24) is 58.5 Å². The number of aliphatic carboxylic acids is 1. The molecule has 3 aromatic rings. The maximum atomic E-state index is 14.7. The van der Waals surface area contributed by atoms with Crippen LogP contribution in [0.15, 0.2) is 130 Å². The van der Waals surface area contributed by atoms with Gasteiger partial charge in [-0.2, -0.15) is 21.4 Å². The number of hydrogen-bond acceptors (Lipinski definition) is 26. The smallest absolute Gasteiger partial charge is 0.305 e. The van der Waals surface area contributed by atoms with Gasteiger partial charge in [-0.1, -0.05) is 103 Å². The number of ether oxygens (including phenoxy) is 4. The number of nitrogens with one attached hydrogen (secondary N) is 11.